The third-order valence-corrected chi connectivity index (χ3v) is 6.09. The topological polar surface area (TPSA) is 84.7 Å². The van der Waals surface area contributed by atoms with E-state index in [9.17, 15) is 14.7 Å². The molecule has 7 nitrogen and oxygen atoms in total. The van der Waals surface area contributed by atoms with Crippen molar-refractivity contribution in [3.8, 4) is 11.1 Å². The van der Waals surface area contributed by atoms with Gasteiger partial charge in [0.25, 0.3) is 0 Å². The number of hydrogen-bond donors (Lipinski definition) is 1. The molecule has 0 spiro atoms. The average Bonchev–Trinajstić information content (AvgIpc) is 3.49. The number of amides is 1. The van der Waals surface area contributed by atoms with E-state index >= 15 is 0 Å². The first-order valence-corrected chi connectivity index (χ1v) is 11.0. The smallest absolute Gasteiger partial charge is 0.414 e. The average molecular weight is 453 g/mol. The van der Waals surface area contributed by atoms with Crippen LogP contribution in [0.1, 0.15) is 27.4 Å². The maximum absolute atomic E-state index is 13.3. The van der Waals surface area contributed by atoms with E-state index in [0.717, 1.165) is 11.1 Å². The molecule has 1 N–H and O–H groups in total. The summed E-state index contributed by atoms with van der Waals surface area (Å²) in [4.78, 5) is 26.0. The van der Waals surface area contributed by atoms with Crippen LogP contribution in [0.15, 0.2) is 91.3 Å². The zero-order valence-electron chi connectivity index (χ0n) is 18.4. The second-order valence-corrected chi connectivity index (χ2v) is 8.08. The van der Waals surface area contributed by atoms with Crippen LogP contribution in [0.25, 0.3) is 11.1 Å². The normalized spacial score (nSPS) is 12.1. The number of nitrogens with zero attached hydrogens (tertiary/aromatic N) is 3. The van der Waals surface area contributed by atoms with E-state index < -0.39 is 12.1 Å². The first-order chi connectivity index (χ1) is 16.6. The van der Waals surface area contributed by atoms with Gasteiger partial charge in [0.1, 0.15) is 6.61 Å². The number of hydrogen-bond acceptors (Lipinski definition) is 4. The largest absolute Gasteiger partial charge is 0.478 e. The molecule has 1 heterocycles. The van der Waals surface area contributed by atoms with E-state index in [4.69, 9.17) is 4.74 Å². The van der Waals surface area contributed by atoms with Gasteiger partial charge in [-0.05, 0) is 52.6 Å². The number of benzene rings is 3. The highest BCUT2D eigenvalue weighted by Gasteiger charge is 2.30. The predicted molar refractivity (Wildman–Crippen MR) is 128 cm³/mol. The summed E-state index contributed by atoms with van der Waals surface area (Å²) < 4.78 is 7.58. The quantitative estimate of drug-likeness (QED) is 0.424. The Labute approximate surface area is 196 Å². The number of carbonyl (C=O) groups excluding carboxylic acids is 1. The molecule has 0 saturated heterocycles. The first kappa shape index (κ1) is 21.5. The molecule has 0 radical (unpaired) electrons. The molecule has 1 aliphatic carbocycles. The summed E-state index contributed by atoms with van der Waals surface area (Å²) in [6, 6.07) is 24.4. The molecule has 1 amide bonds. The molecule has 0 bridgehead atoms. The van der Waals surface area contributed by atoms with Crippen LogP contribution in [0.2, 0.25) is 0 Å². The van der Waals surface area contributed by atoms with Crippen molar-refractivity contribution in [1.29, 1.82) is 0 Å². The van der Waals surface area contributed by atoms with Crippen LogP contribution in [0.4, 0.5) is 10.5 Å². The number of ether oxygens (including phenoxy) is 1. The molecule has 5 rings (SSSR count). The Kier molecular flexibility index (Phi) is 5.82. The van der Waals surface area contributed by atoms with Gasteiger partial charge in [-0.2, -0.15) is 5.10 Å². The lowest BCUT2D eigenvalue weighted by Crippen LogP contribution is -2.35. The van der Waals surface area contributed by atoms with E-state index in [1.165, 1.54) is 28.2 Å². The number of fused-ring (bicyclic) bond motifs is 3. The molecular weight excluding hydrogens is 430 g/mol. The van der Waals surface area contributed by atoms with Gasteiger partial charge in [0.15, 0.2) is 0 Å². The van der Waals surface area contributed by atoms with E-state index in [1.54, 1.807) is 23.0 Å². The van der Waals surface area contributed by atoms with E-state index in [-0.39, 0.29) is 18.1 Å². The number of aromatic carboxylic acids is 1. The van der Waals surface area contributed by atoms with Gasteiger partial charge in [-0.25, -0.2) is 9.59 Å². The molecule has 7 heteroatoms. The van der Waals surface area contributed by atoms with Crippen molar-refractivity contribution < 1.29 is 19.4 Å². The zero-order chi connectivity index (χ0) is 23.5. The number of carboxylic acids is 1. The van der Waals surface area contributed by atoms with Crippen molar-refractivity contribution >= 4 is 17.7 Å². The molecule has 4 aromatic rings. The molecule has 3 aromatic carbocycles. The second kappa shape index (κ2) is 9.23. The van der Waals surface area contributed by atoms with Crippen LogP contribution in [0, 0.1) is 0 Å². The van der Waals surface area contributed by atoms with Gasteiger partial charge in [0.2, 0.25) is 0 Å². The molecule has 0 fully saturated rings. The Morgan fingerprint density at radius 3 is 2.15 bits per heavy atom. The van der Waals surface area contributed by atoms with Crippen molar-refractivity contribution in [2.45, 2.75) is 12.5 Å². The van der Waals surface area contributed by atoms with E-state index in [1.807, 2.05) is 36.5 Å². The van der Waals surface area contributed by atoms with Gasteiger partial charge in [0.05, 0.1) is 12.1 Å². The molecule has 34 heavy (non-hydrogen) atoms. The fourth-order valence-electron chi connectivity index (χ4n) is 4.42. The SMILES string of the molecule is O=C(O)c1ccc(N(CCn2cccn2)C(=O)OCC2c3ccccc3-c3ccccc32)cc1. The summed E-state index contributed by atoms with van der Waals surface area (Å²) in [5, 5.41) is 13.4. The third kappa shape index (κ3) is 4.15. The number of anilines is 1. The fraction of sp³-hybridized carbons (Fsp3) is 0.148. The Hall–Kier alpha value is -4.39. The number of aromatic nitrogens is 2. The van der Waals surface area contributed by atoms with Crippen molar-refractivity contribution in [1.82, 2.24) is 9.78 Å². The number of carbonyl (C=O) groups is 2. The highest BCUT2D eigenvalue weighted by Crippen LogP contribution is 2.44. The molecule has 0 unspecified atom stereocenters. The van der Waals surface area contributed by atoms with Crippen LogP contribution in [0.3, 0.4) is 0 Å². The Morgan fingerprint density at radius 1 is 0.912 bits per heavy atom. The third-order valence-electron chi connectivity index (χ3n) is 6.09. The van der Waals surface area contributed by atoms with Crippen molar-refractivity contribution in [3.63, 3.8) is 0 Å². The number of carboxylic acid groups (broad SMARTS) is 1. The molecule has 0 aliphatic heterocycles. The monoisotopic (exact) mass is 453 g/mol. The van der Waals surface area contributed by atoms with Gasteiger partial charge in [-0.15, -0.1) is 0 Å². The highest BCUT2D eigenvalue weighted by atomic mass is 16.6. The Morgan fingerprint density at radius 2 is 1.56 bits per heavy atom. The Balaban J connectivity index is 1.36. The van der Waals surface area contributed by atoms with Crippen LogP contribution < -0.4 is 4.90 Å². The van der Waals surface area contributed by atoms with Gasteiger partial charge in [-0.1, -0.05) is 48.5 Å². The van der Waals surface area contributed by atoms with Crippen LogP contribution in [0.5, 0.6) is 0 Å². The lowest BCUT2D eigenvalue weighted by atomic mass is 9.98. The van der Waals surface area contributed by atoms with Gasteiger partial charge in [0, 0.05) is 30.5 Å². The summed E-state index contributed by atoms with van der Waals surface area (Å²) in [5.74, 6) is -1.06. The standard InChI is InChI=1S/C27H23N3O4/c31-26(32)19-10-12-20(13-11-19)30(17-16-29-15-5-14-28-29)27(33)34-18-25-23-8-3-1-6-21(23)22-7-2-4-9-24(22)25/h1-15,25H,16-18H2,(H,31,32). The van der Waals surface area contributed by atoms with E-state index in [2.05, 4.69) is 29.4 Å². The van der Waals surface area contributed by atoms with E-state index in [0.29, 0.717) is 18.8 Å². The second-order valence-electron chi connectivity index (χ2n) is 8.08. The maximum atomic E-state index is 13.3. The molecule has 170 valence electrons. The highest BCUT2D eigenvalue weighted by molar-refractivity contribution is 5.91. The van der Waals surface area contributed by atoms with Gasteiger partial charge in [-0.3, -0.25) is 9.58 Å². The fourth-order valence-corrected chi connectivity index (χ4v) is 4.42. The minimum atomic E-state index is -1.02. The summed E-state index contributed by atoms with van der Waals surface area (Å²) in [6.45, 7) is 1.00. The summed E-state index contributed by atoms with van der Waals surface area (Å²) in [6.07, 6.45) is 3.01. The molecule has 1 aromatic heterocycles. The zero-order valence-corrected chi connectivity index (χ0v) is 18.4. The molecule has 0 saturated carbocycles. The van der Waals surface area contributed by atoms with Gasteiger partial charge < -0.3 is 9.84 Å². The summed E-state index contributed by atoms with van der Waals surface area (Å²) in [5.41, 5.74) is 5.34. The van der Waals surface area contributed by atoms with Crippen molar-refractivity contribution in [2.75, 3.05) is 18.1 Å². The summed E-state index contributed by atoms with van der Waals surface area (Å²) in [7, 11) is 0. The number of rotatable bonds is 7. The molecule has 1 aliphatic rings. The molecular formula is C27H23N3O4. The van der Waals surface area contributed by atoms with Gasteiger partial charge >= 0.3 is 12.1 Å². The first-order valence-electron chi connectivity index (χ1n) is 11.0. The molecule has 0 atom stereocenters. The van der Waals surface area contributed by atoms with Crippen LogP contribution in [-0.4, -0.2) is 40.1 Å². The predicted octanol–water partition coefficient (Wildman–Crippen LogP) is 5.04. The lowest BCUT2D eigenvalue weighted by molar-refractivity contribution is 0.0697. The minimum Gasteiger partial charge on any atom is -0.478 e. The Bertz CT molecular complexity index is 1270. The van der Waals surface area contributed by atoms with Crippen LogP contribution in [-0.2, 0) is 11.3 Å². The van der Waals surface area contributed by atoms with Crippen molar-refractivity contribution in [3.05, 3.63) is 108 Å². The minimum absolute atomic E-state index is 0.0429. The van der Waals surface area contributed by atoms with Crippen LogP contribution >= 0.6 is 0 Å². The van der Waals surface area contributed by atoms with Crippen molar-refractivity contribution in [2.24, 2.45) is 0 Å². The lowest BCUT2D eigenvalue weighted by Gasteiger charge is -2.24. The summed E-state index contributed by atoms with van der Waals surface area (Å²) >= 11 is 0. The maximum Gasteiger partial charge on any atom is 0.414 e.